The van der Waals surface area contributed by atoms with E-state index in [0.29, 0.717) is 0 Å². The number of halogens is 3. The summed E-state index contributed by atoms with van der Waals surface area (Å²) in [6.07, 6.45) is -3.57. The summed E-state index contributed by atoms with van der Waals surface area (Å²) in [4.78, 5) is 11.6. The first-order chi connectivity index (χ1) is 15.6. The van der Waals surface area contributed by atoms with E-state index < -0.39 is 22.2 Å². The minimum atomic E-state index is -4.90. The Morgan fingerprint density at radius 1 is 0.939 bits per heavy atom. The third-order valence-electron chi connectivity index (χ3n) is 4.06. The lowest BCUT2D eigenvalue weighted by molar-refractivity contribution is -0.274. The Morgan fingerprint density at radius 2 is 1.58 bits per heavy atom. The van der Waals surface area contributed by atoms with Gasteiger partial charge in [-0.05, 0) is 42.0 Å². The molecular formula is C22H17F3N2O5S. The normalized spacial score (nSPS) is 11.8. The van der Waals surface area contributed by atoms with Crippen molar-refractivity contribution in [2.45, 2.75) is 17.7 Å². The van der Waals surface area contributed by atoms with Gasteiger partial charge in [0.2, 0.25) is 5.91 Å². The summed E-state index contributed by atoms with van der Waals surface area (Å²) in [5.74, 6) is -1.03. The van der Waals surface area contributed by atoms with Gasteiger partial charge in [-0.2, -0.15) is 13.5 Å². The molecule has 0 aromatic heterocycles. The number of nitrogens with one attached hydrogen (secondary N) is 1. The van der Waals surface area contributed by atoms with Crippen molar-refractivity contribution in [3.63, 3.8) is 0 Å². The smallest absolute Gasteiger partial charge is 0.406 e. The SMILES string of the molecule is O=C(Cc1ccccc1)N/N=C/c1ccccc1OS(=O)(=O)c1ccc(OC(F)(F)F)cc1. The largest absolute Gasteiger partial charge is 0.573 e. The number of benzene rings is 3. The van der Waals surface area contributed by atoms with Crippen LogP contribution in [0.25, 0.3) is 0 Å². The number of carbonyl (C=O) groups excluding carboxylic acids is 1. The number of ether oxygens (including phenoxy) is 1. The predicted molar refractivity (Wildman–Crippen MR) is 113 cm³/mol. The summed E-state index contributed by atoms with van der Waals surface area (Å²) in [6, 6.07) is 18.6. The van der Waals surface area contributed by atoms with Crippen LogP contribution in [0.3, 0.4) is 0 Å². The average molecular weight is 478 g/mol. The molecule has 1 N–H and O–H groups in total. The molecule has 0 radical (unpaired) electrons. The molecule has 0 heterocycles. The Kier molecular flexibility index (Phi) is 7.34. The van der Waals surface area contributed by atoms with Crippen LogP contribution in [0.4, 0.5) is 13.2 Å². The highest BCUT2D eigenvalue weighted by Gasteiger charge is 2.31. The Morgan fingerprint density at radius 3 is 2.24 bits per heavy atom. The zero-order valence-corrected chi connectivity index (χ0v) is 17.6. The fourth-order valence-corrected chi connectivity index (χ4v) is 3.59. The summed E-state index contributed by atoms with van der Waals surface area (Å²) in [5.41, 5.74) is 3.39. The maximum Gasteiger partial charge on any atom is 0.573 e. The second kappa shape index (κ2) is 10.2. The zero-order valence-electron chi connectivity index (χ0n) is 16.8. The molecule has 0 aliphatic rings. The molecule has 3 aromatic carbocycles. The molecule has 0 fully saturated rings. The van der Waals surface area contributed by atoms with Crippen molar-refractivity contribution < 1.29 is 35.3 Å². The molecule has 3 rings (SSSR count). The topological polar surface area (TPSA) is 94.1 Å². The van der Waals surface area contributed by atoms with Crippen molar-refractivity contribution in [3.05, 3.63) is 90.0 Å². The number of carbonyl (C=O) groups is 1. The number of hydrazone groups is 1. The van der Waals surface area contributed by atoms with Crippen molar-refractivity contribution >= 4 is 22.2 Å². The maximum absolute atomic E-state index is 12.5. The van der Waals surface area contributed by atoms with E-state index in [1.807, 2.05) is 6.07 Å². The van der Waals surface area contributed by atoms with Crippen molar-refractivity contribution in [1.29, 1.82) is 0 Å². The highest BCUT2D eigenvalue weighted by molar-refractivity contribution is 7.87. The average Bonchev–Trinajstić information content (AvgIpc) is 2.75. The lowest BCUT2D eigenvalue weighted by atomic mass is 10.1. The Hall–Kier alpha value is -3.86. The number of amides is 1. The van der Waals surface area contributed by atoms with Crippen LogP contribution in [0.2, 0.25) is 0 Å². The van der Waals surface area contributed by atoms with E-state index in [-0.39, 0.29) is 28.5 Å². The fraction of sp³-hybridized carbons (Fsp3) is 0.0909. The van der Waals surface area contributed by atoms with Crippen LogP contribution < -0.4 is 14.3 Å². The first kappa shape index (κ1) is 23.8. The van der Waals surface area contributed by atoms with E-state index in [2.05, 4.69) is 15.3 Å². The molecule has 0 spiro atoms. The van der Waals surface area contributed by atoms with Crippen molar-refractivity contribution in [2.24, 2.45) is 5.10 Å². The minimum absolute atomic E-state index is 0.0887. The van der Waals surface area contributed by atoms with Crippen molar-refractivity contribution in [1.82, 2.24) is 5.43 Å². The second-order valence-electron chi connectivity index (χ2n) is 6.55. The molecule has 0 unspecified atom stereocenters. The van der Waals surface area contributed by atoms with E-state index in [1.165, 1.54) is 24.4 Å². The van der Waals surface area contributed by atoms with Crippen LogP contribution in [0.15, 0.2) is 88.9 Å². The van der Waals surface area contributed by atoms with E-state index in [1.54, 1.807) is 30.3 Å². The van der Waals surface area contributed by atoms with E-state index in [4.69, 9.17) is 4.18 Å². The second-order valence-corrected chi connectivity index (χ2v) is 8.10. The van der Waals surface area contributed by atoms with Gasteiger partial charge >= 0.3 is 16.5 Å². The van der Waals surface area contributed by atoms with Gasteiger partial charge in [0.25, 0.3) is 0 Å². The number of nitrogens with zero attached hydrogens (tertiary/aromatic N) is 1. The molecular weight excluding hydrogens is 461 g/mol. The molecule has 1 amide bonds. The highest BCUT2D eigenvalue weighted by atomic mass is 32.2. The molecule has 172 valence electrons. The summed E-state index contributed by atoms with van der Waals surface area (Å²) >= 11 is 0. The van der Waals surface area contributed by atoms with Crippen LogP contribution in [0, 0.1) is 0 Å². The van der Waals surface area contributed by atoms with Gasteiger partial charge in [-0.15, -0.1) is 13.2 Å². The van der Waals surface area contributed by atoms with Gasteiger partial charge in [0.1, 0.15) is 10.6 Å². The Labute approximate surface area is 187 Å². The van der Waals surface area contributed by atoms with Crippen LogP contribution in [0.5, 0.6) is 11.5 Å². The molecule has 0 aliphatic heterocycles. The van der Waals surface area contributed by atoms with Crippen molar-refractivity contribution in [3.8, 4) is 11.5 Å². The Balaban J connectivity index is 1.68. The molecule has 7 nitrogen and oxygen atoms in total. The standard InChI is InChI=1S/C22H17F3N2O5S/c23-22(24,25)31-18-10-12-19(13-11-18)33(29,30)32-20-9-5-4-8-17(20)15-26-27-21(28)14-16-6-2-1-3-7-16/h1-13,15H,14H2,(H,27,28)/b26-15+. The number of hydrogen-bond donors (Lipinski definition) is 1. The summed E-state index contributed by atoms with van der Waals surface area (Å²) < 4.78 is 70.7. The fourth-order valence-electron chi connectivity index (χ4n) is 2.63. The molecule has 33 heavy (non-hydrogen) atoms. The predicted octanol–water partition coefficient (Wildman–Crippen LogP) is 4.05. The molecule has 0 atom stereocenters. The molecule has 0 aliphatic carbocycles. The number of rotatable bonds is 8. The van der Waals surface area contributed by atoms with Crippen LogP contribution in [-0.4, -0.2) is 26.9 Å². The Bertz CT molecular complexity index is 1230. The lowest BCUT2D eigenvalue weighted by Crippen LogP contribution is -2.19. The summed E-state index contributed by atoms with van der Waals surface area (Å²) in [6.45, 7) is 0. The van der Waals surface area contributed by atoms with Crippen LogP contribution >= 0.6 is 0 Å². The molecule has 11 heteroatoms. The monoisotopic (exact) mass is 478 g/mol. The van der Waals surface area contributed by atoms with Gasteiger partial charge in [0.15, 0.2) is 5.75 Å². The first-order valence-electron chi connectivity index (χ1n) is 9.37. The summed E-state index contributed by atoms with van der Waals surface area (Å²) in [7, 11) is -4.36. The highest BCUT2D eigenvalue weighted by Crippen LogP contribution is 2.26. The molecule has 0 saturated heterocycles. The third-order valence-corrected chi connectivity index (χ3v) is 5.31. The molecule has 3 aromatic rings. The van der Waals surface area contributed by atoms with Gasteiger partial charge in [-0.1, -0.05) is 42.5 Å². The first-order valence-corrected chi connectivity index (χ1v) is 10.8. The van der Waals surface area contributed by atoms with Gasteiger partial charge < -0.3 is 8.92 Å². The zero-order chi connectivity index (χ0) is 23.9. The maximum atomic E-state index is 12.5. The number of alkyl halides is 3. The molecule has 0 saturated carbocycles. The third kappa shape index (κ3) is 7.35. The lowest BCUT2D eigenvalue weighted by Gasteiger charge is -2.11. The van der Waals surface area contributed by atoms with Crippen LogP contribution in [0.1, 0.15) is 11.1 Å². The van der Waals surface area contributed by atoms with Gasteiger partial charge in [-0.3, -0.25) is 4.79 Å². The number of hydrogen-bond acceptors (Lipinski definition) is 6. The van der Waals surface area contributed by atoms with Gasteiger partial charge in [0, 0.05) is 5.56 Å². The quantitative estimate of drug-likeness (QED) is 0.300. The van der Waals surface area contributed by atoms with E-state index in [9.17, 15) is 26.4 Å². The van der Waals surface area contributed by atoms with Gasteiger partial charge in [0.05, 0.1) is 12.6 Å². The van der Waals surface area contributed by atoms with Crippen molar-refractivity contribution in [2.75, 3.05) is 0 Å². The summed E-state index contributed by atoms with van der Waals surface area (Å²) in [5, 5.41) is 3.82. The number of para-hydroxylation sites is 1. The van der Waals surface area contributed by atoms with Gasteiger partial charge in [-0.25, -0.2) is 5.43 Å². The molecule has 0 bridgehead atoms. The van der Waals surface area contributed by atoms with E-state index >= 15 is 0 Å². The van der Waals surface area contributed by atoms with E-state index in [0.717, 1.165) is 29.8 Å². The van der Waals surface area contributed by atoms with Crippen LogP contribution in [-0.2, 0) is 21.3 Å². The minimum Gasteiger partial charge on any atom is -0.406 e.